The molecule has 2 amide bonds. The van der Waals surface area contributed by atoms with Crippen LogP contribution in [0.3, 0.4) is 0 Å². The molecule has 4 saturated carbocycles. The summed E-state index contributed by atoms with van der Waals surface area (Å²) in [7, 11) is 1.59. The monoisotopic (exact) mass is 558 g/mol. The van der Waals surface area contributed by atoms with Crippen molar-refractivity contribution in [3.63, 3.8) is 0 Å². The highest BCUT2D eigenvalue weighted by Gasteiger charge is 2.54. The molecule has 0 radical (unpaired) electrons. The van der Waals surface area contributed by atoms with Crippen LogP contribution in [0.1, 0.15) is 74.2 Å². The molecular formula is C33H38N2O6. The summed E-state index contributed by atoms with van der Waals surface area (Å²) in [5.74, 6) is 0.0835. The fourth-order valence-electron chi connectivity index (χ4n) is 8.82. The summed E-state index contributed by atoms with van der Waals surface area (Å²) in [6.07, 6.45) is 6.79. The molecule has 1 heterocycles. The molecule has 8 heteroatoms. The second kappa shape index (κ2) is 10.6. The fourth-order valence-corrected chi connectivity index (χ4v) is 8.82. The van der Waals surface area contributed by atoms with Crippen LogP contribution in [-0.2, 0) is 20.9 Å². The smallest absolute Gasteiger partial charge is 0.326 e. The third kappa shape index (κ3) is 5.13. The highest BCUT2D eigenvalue weighted by molar-refractivity contribution is 6.10. The van der Waals surface area contributed by atoms with E-state index in [4.69, 9.17) is 4.74 Å². The number of anilines is 1. The van der Waals surface area contributed by atoms with Crippen molar-refractivity contribution in [1.29, 1.82) is 0 Å². The van der Waals surface area contributed by atoms with Crippen molar-refractivity contribution >= 4 is 29.3 Å². The number of Topliss-reactive ketones (excluding diaryl/α,β-unsaturated/α-hetero) is 1. The Morgan fingerprint density at radius 2 is 1.56 bits per heavy atom. The SMILES string of the molecule is COc1ccc(CN2C(=O)[C@@H](CC34CC5CC(CC(C5)C3)C4)N(C(C)=O)[C@H](C(=O)O)CC(=O)c3ccccc32)cc1. The molecule has 0 unspecified atom stereocenters. The Hall–Kier alpha value is -3.68. The zero-order valence-electron chi connectivity index (χ0n) is 23.8. The molecular weight excluding hydrogens is 520 g/mol. The van der Waals surface area contributed by atoms with E-state index in [1.54, 1.807) is 36.3 Å². The van der Waals surface area contributed by atoms with E-state index in [0.717, 1.165) is 24.8 Å². The molecule has 1 aliphatic heterocycles. The van der Waals surface area contributed by atoms with E-state index in [1.807, 2.05) is 24.3 Å². The molecule has 0 aromatic heterocycles. The molecule has 5 aliphatic rings. The minimum atomic E-state index is -1.42. The number of aliphatic carboxylic acids is 1. The van der Waals surface area contributed by atoms with Gasteiger partial charge in [-0.05, 0) is 97.9 Å². The van der Waals surface area contributed by atoms with Crippen molar-refractivity contribution < 1.29 is 29.0 Å². The summed E-state index contributed by atoms with van der Waals surface area (Å²) in [6.45, 7) is 1.49. The number of ether oxygens (including phenoxy) is 1. The first-order valence-corrected chi connectivity index (χ1v) is 14.7. The van der Waals surface area contributed by atoms with E-state index in [9.17, 15) is 24.3 Å². The van der Waals surface area contributed by atoms with Gasteiger partial charge in [0.05, 0.1) is 19.3 Å². The first kappa shape index (κ1) is 27.5. The van der Waals surface area contributed by atoms with E-state index < -0.39 is 29.7 Å². The molecule has 4 fully saturated rings. The Balaban J connectivity index is 1.47. The van der Waals surface area contributed by atoms with Crippen molar-refractivity contribution in [2.75, 3.05) is 12.0 Å². The van der Waals surface area contributed by atoms with Gasteiger partial charge in [0.1, 0.15) is 17.8 Å². The second-order valence-corrected chi connectivity index (χ2v) is 12.8. The maximum Gasteiger partial charge on any atom is 0.326 e. The number of hydrogen-bond acceptors (Lipinski definition) is 5. The number of carbonyl (C=O) groups is 4. The minimum absolute atomic E-state index is 0.102. The maximum atomic E-state index is 14.9. The van der Waals surface area contributed by atoms with Gasteiger partial charge in [0.15, 0.2) is 5.78 Å². The van der Waals surface area contributed by atoms with E-state index in [0.29, 0.717) is 41.2 Å². The van der Waals surface area contributed by atoms with Gasteiger partial charge in [-0.3, -0.25) is 14.4 Å². The highest BCUT2D eigenvalue weighted by atomic mass is 16.5. The number of ketones is 1. The molecule has 8 nitrogen and oxygen atoms in total. The lowest BCUT2D eigenvalue weighted by molar-refractivity contribution is -0.156. The predicted molar refractivity (Wildman–Crippen MR) is 153 cm³/mol. The Morgan fingerprint density at radius 1 is 0.951 bits per heavy atom. The summed E-state index contributed by atoms with van der Waals surface area (Å²) < 4.78 is 5.30. The molecule has 4 aliphatic carbocycles. The Kier molecular flexibility index (Phi) is 7.12. The Morgan fingerprint density at radius 3 is 2.12 bits per heavy atom. The predicted octanol–water partition coefficient (Wildman–Crippen LogP) is 5.09. The molecule has 216 valence electrons. The summed E-state index contributed by atoms with van der Waals surface area (Å²) >= 11 is 0. The van der Waals surface area contributed by atoms with Crippen molar-refractivity contribution in [1.82, 2.24) is 4.90 Å². The van der Waals surface area contributed by atoms with Crippen molar-refractivity contribution in [3.05, 3.63) is 59.7 Å². The molecule has 1 N–H and O–H groups in total. The number of carboxylic acid groups (broad SMARTS) is 1. The van der Waals surface area contributed by atoms with Gasteiger partial charge in [-0.1, -0.05) is 24.3 Å². The lowest BCUT2D eigenvalue weighted by Crippen LogP contribution is -2.59. The molecule has 2 atom stereocenters. The number of benzene rings is 2. The van der Waals surface area contributed by atoms with Crippen LogP contribution in [0.4, 0.5) is 5.69 Å². The molecule has 0 spiro atoms. The van der Waals surface area contributed by atoms with Gasteiger partial charge in [0.25, 0.3) is 0 Å². The first-order valence-electron chi connectivity index (χ1n) is 14.7. The number of carboxylic acids is 1. The third-order valence-corrected chi connectivity index (χ3v) is 10.0. The van der Waals surface area contributed by atoms with Crippen LogP contribution >= 0.6 is 0 Å². The van der Waals surface area contributed by atoms with Gasteiger partial charge in [0, 0.05) is 18.9 Å². The van der Waals surface area contributed by atoms with Crippen molar-refractivity contribution in [2.45, 2.75) is 76.9 Å². The van der Waals surface area contributed by atoms with Crippen LogP contribution < -0.4 is 9.64 Å². The van der Waals surface area contributed by atoms with E-state index in [1.165, 1.54) is 31.1 Å². The molecule has 7 rings (SSSR count). The molecule has 2 aromatic rings. The lowest BCUT2D eigenvalue weighted by atomic mass is 9.48. The number of nitrogens with zero attached hydrogens (tertiary/aromatic N) is 2. The third-order valence-electron chi connectivity index (χ3n) is 10.0. The van der Waals surface area contributed by atoms with Gasteiger partial charge in [-0.25, -0.2) is 4.79 Å². The molecule has 41 heavy (non-hydrogen) atoms. The number of hydrogen-bond donors (Lipinski definition) is 1. The molecule has 2 aromatic carbocycles. The molecule has 4 bridgehead atoms. The van der Waals surface area contributed by atoms with Crippen LogP contribution in [0.25, 0.3) is 0 Å². The van der Waals surface area contributed by atoms with Crippen LogP contribution in [0.2, 0.25) is 0 Å². The average molecular weight is 559 g/mol. The van der Waals surface area contributed by atoms with Gasteiger partial charge in [0.2, 0.25) is 11.8 Å². The number of fused-ring (bicyclic) bond motifs is 1. The normalized spacial score (nSPS) is 30.8. The number of methoxy groups -OCH3 is 1. The number of amides is 2. The second-order valence-electron chi connectivity index (χ2n) is 12.8. The largest absolute Gasteiger partial charge is 0.497 e. The topological polar surface area (TPSA) is 104 Å². The zero-order chi connectivity index (χ0) is 28.9. The fraction of sp³-hybridized carbons (Fsp3) is 0.515. The molecule has 0 saturated heterocycles. The van der Waals surface area contributed by atoms with E-state index in [-0.39, 0.29) is 24.3 Å². The number of para-hydroxylation sites is 1. The number of rotatable bonds is 6. The summed E-state index contributed by atoms with van der Waals surface area (Å²) in [5, 5.41) is 10.3. The van der Waals surface area contributed by atoms with Gasteiger partial charge in [-0.15, -0.1) is 0 Å². The first-order chi connectivity index (χ1) is 19.7. The average Bonchev–Trinajstić information content (AvgIpc) is 2.96. The van der Waals surface area contributed by atoms with Gasteiger partial charge >= 0.3 is 5.97 Å². The standard InChI is InChI=1S/C33H38N2O6/c1-20(36)35-28(32(39)40)14-30(37)26-5-3-4-6-27(26)34(19-21-7-9-25(41-2)10-8-21)31(38)29(35)18-33-15-22-11-23(16-33)13-24(12-22)17-33/h3-10,22-24,28-29H,11-19H2,1-2H3,(H,39,40)/t22?,23?,24?,28-,29+,33?/m0/s1. The zero-order valence-corrected chi connectivity index (χ0v) is 23.8. The summed E-state index contributed by atoms with van der Waals surface area (Å²) in [4.78, 5) is 57.3. The van der Waals surface area contributed by atoms with Crippen LogP contribution in [0, 0.1) is 23.2 Å². The quantitative estimate of drug-likeness (QED) is 0.530. The number of carbonyl (C=O) groups excluding carboxylic acids is 3. The van der Waals surface area contributed by atoms with Crippen molar-refractivity contribution in [2.24, 2.45) is 23.2 Å². The lowest BCUT2D eigenvalue weighted by Gasteiger charge is -2.58. The van der Waals surface area contributed by atoms with E-state index in [2.05, 4.69) is 0 Å². The Bertz CT molecular complexity index is 1330. The van der Waals surface area contributed by atoms with Gasteiger partial charge in [-0.2, -0.15) is 0 Å². The summed E-state index contributed by atoms with van der Waals surface area (Å²) in [5.41, 5.74) is 1.47. The highest BCUT2D eigenvalue weighted by Crippen LogP contribution is 2.62. The van der Waals surface area contributed by atoms with Crippen molar-refractivity contribution in [3.8, 4) is 5.75 Å². The Labute approximate surface area is 240 Å². The van der Waals surface area contributed by atoms with Crippen LogP contribution in [-0.4, -0.2) is 52.8 Å². The summed E-state index contributed by atoms with van der Waals surface area (Å²) in [6, 6.07) is 11.9. The minimum Gasteiger partial charge on any atom is -0.497 e. The maximum absolute atomic E-state index is 14.9. The van der Waals surface area contributed by atoms with E-state index >= 15 is 0 Å². The van der Waals surface area contributed by atoms with Crippen LogP contribution in [0.5, 0.6) is 5.75 Å². The van der Waals surface area contributed by atoms with Gasteiger partial charge < -0.3 is 19.6 Å². The van der Waals surface area contributed by atoms with Crippen LogP contribution in [0.15, 0.2) is 48.5 Å².